The van der Waals surface area contributed by atoms with E-state index in [4.69, 9.17) is 5.11 Å². The summed E-state index contributed by atoms with van der Waals surface area (Å²) in [5, 5.41) is 12.6. The first kappa shape index (κ1) is 13.9. The molecule has 0 spiro atoms. The zero-order chi connectivity index (χ0) is 14.1. The zero-order valence-corrected chi connectivity index (χ0v) is 11.9. The molecule has 2 heterocycles. The van der Waals surface area contributed by atoms with Gasteiger partial charge in [0.25, 0.3) is 0 Å². The third kappa shape index (κ3) is 2.68. The van der Waals surface area contributed by atoms with Gasteiger partial charge in [0.15, 0.2) is 0 Å². The van der Waals surface area contributed by atoms with Gasteiger partial charge in [-0.25, -0.2) is 0 Å². The van der Waals surface area contributed by atoms with Gasteiger partial charge in [0, 0.05) is 19.1 Å². The lowest BCUT2D eigenvalue weighted by Gasteiger charge is -2.32. The van der Waals surface area contributed by atoms with Crippen LogP contribution in [0.4, 0.5) is 0 Å². The summed E-state index contributed by atoms with van der Waals surface area (Å²) in [6.07, 6.45) is 7.42. The van der Waals surface area contributed by atoms with Crippen molar-refractivity contribution >= 4 is 11.9 Å². The molecule has 0 aromatic heterocycles. The maximum Gasteiger partial charge on any atom is 0.308 e. The van der Waals surface area contributed by atoms with Crippen LogP contribution in [-0.2, 0) is 9.59 Å². The average Bonchev–Trinajstić information content (AvgIpc) is 2.90. The topological polar surface area (TPSA) is 69.6 Å². The molecule has 2 aliphatic heterocycles. The molecule has 3 unspecified atom stereocenters. The number of hydrogen-bond donors (Lipinski definition) is 2. The largest absolute Gasteiger partial charge is 0.481 e. The maximum absolute atomic E-state index is 12.6. The van der Waals surface area contributed by atoms with Crippen molar-refractivity contribution in [3.8, 4) is 0 Å². The lowest BCUT2D eigenvalue weighted by atomic mass is 9.85. The van der Waals surface area contributed by atoms with Crippen molar-refractivity contribution in [3.63, 3.8) is 0 Å². The smallest absolute Gasteiger partial charge is 0.308 e. The molecule has 3 fully saturated rings. The molecule has 3 rings (SSSR count). The van der Waals surface area contributed by atoms with Gasteiger partial charge in [0.1, 0.15) is 0 Å². The maximum atomic E-state index is 12.6. The molecule has 3 aliphatic rings. The van der Waals surface area contributed by atoms with E-state index in [-0.39, 0.29) is 17.9 Å². The molecule has 20 heavy (non-hydrogen) atoms. The van der Waals surface area contributed by atoms with Crippen LogP contribution in [0.25, 0.3) is 0 Å². The number of carboxylic acids is 1. The van der Waals surface area contributed by atoms with Crippen LogP contribution in [0.5, 0.6) is 0 Å². The Bertz CT molecular complexity index is 385. The fourth-order valence-corrected chi connectivity index (χ4v) is 4.11. The third-order valence-corrected chi connectivity index (χ3v) is 5.24. The van der Waals surface area contributed by atoms with Crippen molar-refractivity contribution in [2.75, 3.05) is 13.1 Å². The zero-order valence-electron chi connectivity index (χ0n) is 11.9. The molecule has 5 heteroatoms. The number of aliphatic carboxylic acids is 1. The molecule has 4 atom stereocenters. The van der Waals surface area contributed by atoms with Crippen molar-refractivity contribution in [1.82, 2.24) is 10.2 Å². The first-order chi connectivity index (χ1) is 9.65. The van der Waals surface area contributed by atoms with E-state index in [0.29, 0.717) is 24.9 Å². The number of nitrogens with one attached hydrogen (secondary N) is 1. The Labute approximate surface area is 119 Å². The minimum Gasteiger partial charge on any atom is -0.481 e. The number of carbonyl (C=O) groups is 2. The number of likely N-dealkylation sites (tertiary alicyclic amines) is 1. The van der Waals surface area contributed by atoms with Gasteiger partial charge in [-0.2, -0.15) is 0 Å². The highest BCUT2D eigenvalue weighted by Gasteiger charge is 2.40. The minimum absolute atomic E-state index is 0.0735. The summed E-state index contributed by atoms with van der Waals surface area (Å²) in [5.74, 6) is -0.366. The third-order valence-electron chi connectivity index (χ3n) is 5.24. The number of fused-ring (bicyclic) bond motifs is 1. The Balaban J connectivity index is 1.60. The van der Waals surface area contributed by atoms with Gasteiger partial charge in [0.2, 0.25) is 5.91 Å². The fraction of sp³-hybridized carbons (Fsp3) is 0.867. The summed E-state index contributed by atoms with van der Waals surface area (Å²) in [5.41, 5.74) is 0. The quantitative estimate of drug-likeness (QED) is 0.798. The summed E-state index contributed by atoms with van der Waals surface area (Å²) < 4.78 is 0. The SMILES string of the molecule is O=C(O)[C@@H]1CCCN(C(=O)C2CC3CCCCC3N2)C1. The first-order valence-electron chi connectivity index (χ1n) is 7.93. The van der Waals surface area contributed by atoms with Crippen LogP contribution in [0.2, 0.25) is 0 Å². The highest BCUT2D eigenvalue weighted by atomic mass is 16.4. The molecule has 1 aliphatic carbocycles. The van der Waals surface area contributed by atoms with Crippen molar-refractivity contribution < 1.29 is 14.7 Å². The van der Waals surface area contributed by atoms with Crippen molar-refractivity contribution in [3.05, 3.63) is 0 Å². The normalized spacial score (nSPS) is 37.5. The summed E-state index contributed by atoms with van der Waals surface area (Å²) in [6, 6.07) is 0.438. The molecule has 0 radical (unpaired) electrons. The number of nitrogens with zero attached hydrogens (tertiary/aromatic N) is 1. The molecule has 5 nitrogen and oxygen atoms in total. The second-order valence-corrected chi connectivity index (χ2v) is 6.57. The van der Waals surface area contributed by atoms with Crippen molar-refractivity contribution in [2.45, 2.75) is 57.0 Å². The molecule has 0 bridgehead atoms. The second kappa shape index (κ2) is 5.72. The lowest BCUT2D eigenvalue weighted by molar-refractivity contribution is -0.146. The van der Waals surface area contributed by atoms with Gasteiger partial charge >= 0.3 is 5.97 Å². The van der Waals surface area contributed by atoms with Gasteiger partial charge in [-0.05, 0) is 38.0 Å². The Kier molecular flexibility index (Phi) is 3.96. The predicted molar refractivity (Wildman–Crippen MR) is 74.2 cm³/mol. The van der Waals surface area contributed by atoms with Gasteiger partial charge in [0.05, 0.1) is 12.0 Å². The first-order valence-corrected chi connectivity index (χ1v) is 7.93. The monoisotopic (exact) mass is 280 g/mol. The number of rotatable bonds is 2. The van der Waals surface area contributed by atoms with Crippen LogP contribution in [0.1, 0.15) is 44.9 Å². The minimum atomic E-state index is -0.768. The van der Waals surface area contributed by atoms with Gasteiger partial charge in [-0.15, -0.1) is 0 Å². The summed E-state index contributed by atoms with van der Waals surface area (Å²) in [7, 11) is 0. The molecule has 0 aromatic rings. The fourth-order valence-electron chi connectivity index (χ4n) is 4.11. The number of amides is 1. The molecule has 1 amide bonds. The van der Waals surface area contributed by atoms with E-state index in [0.717, 1.165) is 19.4 Å². The highest BCUT2D eigenvalue weighted by molar-refractivity contribution is 5.83. The highest BCUT2D eigenvalue weighted by Crippen LogP contribution is 2.34. The molecular formula is C15H24N2O3. The summed E-state index contributed by atoms with van der Waals surface area (Å²) in [4.78, 5) is 25.5. The molecule has 112 valence electrons. The lowest BCUT2D eigenvalue weighted by Crippen LogP contribution is -2.50. The molecule has 2 N–H and O–H groups in total. The number of carboxylic acid groups (broad SMARTS) is 1. The number of carbonyl (C=O) groups excluding carboxylic acids is 1. The van der Waals surface area contributed by atoms with Crippen LogP contribution in [0.15, 0.2) is 0 Å². The van der Waals surface area contributed by atoms with Gasteiger partial charge < -0.3 is 15.3 Å². The Morgan fingerprint density at radius 1 is 1.10 bits per heavy atom. The van der Waals surface area contributed by atoms with Gasteiger partial charge in [-0.1, -0.05) is 12.8 Å². The van der Waals surface area contributed by atoms with Crippen molar-refractivity contribution in [1.29, 1.82) is 0 Å². The van der Waals surface area contributed by atoms with Crippen LogP contribution in [0.3, 0.4) is 0 Å². The van der Waals surface area contributed by atoms with E-state index < -0.39 is 5.97 Å². The van der Waals surface area contributed by atoms with Gasteiger partial charge in [-0.3, -0.25) is 9.59 Å². The Hall–Kier alpha value is -1.10. The molecule has 1 saturated carbocycles. The molecule has 0 aromatic carbocycles. The molecule has 2 saturated heterocycles. The predicted octanol–water partition coefficient (Wildman–Crippen LogP) is 1.23. The van der Waals surface area contributed by atoms with Crippen molar-refractivity contribution in [2.24, 2.45) is 11.8 Å². The van der Waals surface area contributed by atoms with E-state index in [2.05, 4.69) is 5.32 Å². The summed E-state index contributed by atoms with van der Waals surface area (Å²) >= 11 is 0. The standard InChI is InChI=1S/C15H24N2O3/c18-14(17-7-3-5-11(9-17)15(19)20)13-8-10-4-1-2-6-12(10)16-13/h10-13,16H,1-9H2,(H,19,20)/t10?,11-,12?,13?/m1/s1. The van der Waals surface area contributed by atoms with E-state index in [1.165, 1.54) is 25.7 Å². The number of hydrogen-bond acceptors (Lipinski definition) is 3. The summed E-state index contributed by atoms with van der Waals surface area (Å²) in [6.45, 7) is 1.11. The van der Waals surface area contributed by atoms with E-state index in [1.54, 1.807) is 4.90 Å². The number of piperidine rings is 1. The van der Waals surface area contributed by atoms with E-state index in [9.17, 15) is 9.59 Å². The second-order valence-electron chi connectivity index (χ2n) is 6.57. The van der Waals surface area contributed by atoms with Crippen LogP contribution < -0.4 is 5.32 Å². The van der Waals surface area contributed by atoms with E-state index >= 15 is 0 Å². The van der Waals surface area contributed by atoms with Crippen LogP contribution in [-0.4, -0.2) is 47.1 Å². The molecular weight excluding hydrogens is 256 g/mol. The Morgan fingerprint density at radius 2 is 1.90 bits per heavy atom. The van der Waals surface area contributed by atoms with Crippen LogP contribution >= 0.6 is 0 Å². The Morgan fingerprint density at radius 3 is 2.65 bits per heavy atom. The van der Waals surface area contributed by atoms with Crippen LogP contribution in [0, 0.1) is 11.8 Å². The van der Waals surface area contributed by atoms with E-state index in [1.807, 2.05) is 0 Å². The average molecular weight is 280 g/mol.